The average Bonchev–Trinajstić information content (AvgIpc) is 2.67. The molecule has 0 unspecified atom stereocenters. The second-order valence-corrected chi connectivity index (χ2v) is 4.11. The highest BCUT2D eigenvalue weighted by Gasteiger charge is 2.13. The minimum atomic E-state index is 0.0270. The van der Waals surface area contributed by atoms with Gasteiger partial charge in [0.1, 0.15) is 0 Å². The van der Waals surface area contributed by atoms with Crippen LogP contribution in [-0.4, -0.2) is 26.0 Å². The van der Waals surface area contributed by atoms with Crippen molar-refractivity contribution in [3.63, 3.8) is 0 Å². The van der Waals surface area contributed by atoms with Crippen LogP contribution >= 0.6 is 0 Å². The maximum atomic E-state index is 12.1. The topological polar surface area (TPSA) is 60.7 Å². The maximum Gasteiger partial charge on any atom is 0.182 e. The number of carbonyl (C=O) groups is 1. The SMILES string of the molecule is Cc1ccc(C)c(C(=O)Cc2nnn(C)n2)c1. The third kappa shape index (κ3) is 2.55. The molecule has 2 rings (SSSR count). The number of nitrogens with zero attached hydrogens (tertiary/aromatic N) is 4. The highest BCUT2D eigenvalue weighted by molar-refractivity contribution is 5.98. The highest BCUT2D eigenvalue weighted by Crippen LogP contribution is 2.12. The van der Waals surface area contributed by atoms with Gasteiger partial charge in [-0.1, -0.05) is 17.7 Å². The van der Waals surface area contributed by atoms with E-state index < -0.39 is 0 Å². The molecule has 88 valence electrons. The van der Waals surface area contributed by atoms with E-state index in [0.29, 0.717) is 5.82 Å². The smallest absolute Gasteiger partial charge is 0.182 e. The van der Waals surface area contributed by atoms with E-state index in [4.69, 9.17) is 0 Å². The summed E-state index contributed by atoms with van der Waals surface area (Å²) in [6.07, 6.45) is 0.193. The molecule has 0 atom stereocenters. The number of carbonyl (C=O) groups excluding carboxylic acids is 1. The summed E-state index contributed by atoms with van der Waals surface area (Å²) in [5, 5.41) is 11.5. The normalized spacial score (nSPS) is 10.5. The number of tetrazole rings is 1. The van der Waals surface area contributed by atoms with Crippen molar-refractivity contribution in [1.29, 1.82) is 0 Å². The van der Waals surface area contributed by atoms with Crippen molar-refractivity contribution in [1.82, 2.24) is 20.2 Å². The van der Waals surface area contributed by atoms with Gasteiger partial charge in [-0.05, 0) is 30.7 Å². The molecule has 5 nitrogen and oxygen atoms in total. The van der Waals surface area contributed by atoms with Gasteiger partial charge < -0.3 is 0 Å². The lowest BCUT2D eigenvalue weighted by Crippen LogP contribution is -2.07. The molecule has 1 heterocycles. The lowest BCUT2D eigenvalue weighted by atomic mass is 10.0. The number of hydrogen-bond acceptors (Lipinski definition) is 4. The van der Waals surface area contributed by atoms with E-state index in [1.807, 2.05) is 32.0 Å². The van der Waals surface area contributed by atoms with Gasteiger partial charge >= 0.3 is 0 Å². The number of rotatable bonds is 3. The number of benzene rings is 1. The van der Waals surface area contributed by atoms with Crippen molar-refractivity contribution < 1.29 is 4.79 Å². The van der Waals surface area contributed by atoms with E-state index in [1.165, 1.54) is 4.80 Å². The zero-order valence-electron chi connectivity index (χ0n) is 10.1. The Morgan fingerprint density at radius 2 is 2.12 bits per heavy atom. The lowest BCUT2D eigenvalue weighted by Gasteiger charge is -2.04. The number of hydrogen-bond donors (Lipinski definition) is 0. The van der Waals surface area contributed by atoms with Gasteiger partial charge in [0.05, 0.1) is 13.5 Å². The van der Waals surface area contributed by atoms with Crippen molar-refractivity contribution in [2.24, 2.45) is 7.05 Å². The summed E-state index contributed by atoms with van der Waals surface area (Å²) in [6.45, 7) is 3.90. The molecular formula is C12H14N4O. The minimum absolute atomic E-state index is 0.0270. The molecule has 0 aliphatic carbocycles. The van der Waals surface area contributed by atoms with Crippen LogP contribution in [0.1, 0.15) is 27.3 Å². The van der Waals surface area contributed by atoms with Crippen molar-refractivity contribution in [2.75, 3.05) is 0 Å². The summed E-state index contributed by atoms with van der Waals surface area (Å²) in [4.78, 5) is 13.4. The van der Waals surface area contributed by atoms with Crippen LogP contribution < -0.4 is 0 Å². The molecule has 5 heteroatoms. The quantitative estimate of drug-likeness (QED) is 0.744. The van der Waals surface area contributed by atoms with Crippen LogP contribution in [0.15, 0.2) is 18.2 Å². The molecule has 0 N–H and O–H groups in total. The fourth-order valence-corrected chi connectivity index (χ4v) is 1.67. The van der Waals surface area contributed by atoms with E-state index in [-0.39, 0.29) is 12.2 Å². The maximum absolute atomic E-state index is 12.1. The van der Waals surface area contributed by atoms with Crippen molar-refractivity contribution in [3.05, 3.63) is 40.7 Å². The van der Waals surface area contributed by atoms with Crippen molar-refractivity contribution in [2.45, 2.75) is 20.3 Å². The molecule has 2 aromatic rings. The summed E-state index contributed by atoms with van der Waals surface area (Å²) in [7, 11) is 1.68. The van der Waals surface area contributed by atoms with Gasteiger partial charge in [-0.3, -0.25) is 4.79 Å². The molecule has 1 aromatic carbocycles. The first-order valence-electron chi connectivity index (χ1n) is 5.39. The van der Waals surface area contributed by atoms with E-state index in [2.05, 4.69) is 15.4 Å². The van der Waals surface area contributed by atoms with Gasteiger partial charge in [-0.15, -0.1) is 10.2 Å². The molecule has 0 saturated carbocycles. The number of aryl methyl sites for hydroxylation is 3. The van der Waals surface area contributed by atoms with Crippen LogP contribution in [0.3, 0.4) is 0 Å². The van der Waals surface area contributed by atoms with Crippen molar-refractivity contribution >= 4 is 5.78 Å². The molecule has 0 saturated heterocycles. The predicted octanol–water partition coefficient (Wildman–Crippen LogP) is 1.25. The Labute approximate surface area is 99.5 Å². The van der Waals surface area contributed by atoms with E-state index in [1.54, 1.807) is 7.05 Å². The van der Waals surface area contributed by atoms with Crippen LogP contribution in [0.25, 0.3) is 0 Å². The van der Waals surface area contributed by atoms with Gasteiger partial charge in [0, 0.05) is 5.56 Å². The Bertz CT molecular complexity index is 559. The van der Waals surface area contributed by atoms with Gasteiger partial charge in [-0.2, -0.15) is 4.80 Å². The Kier molecular flexibility index (Phi) is 2.99. The lowest BCUT2D eigenvalue weighted by molar-refractivity contribution is 0.0990. The largest absolute Gasteiger partial charge is 0.294 e. The molecule has 0 bridgehead atoms. The summed E-state index contributed by atoms with van der Waals surface area (Å²) in [5.74, 6) is 0.484. The molecule has 0 amide bonds. The number of ketones is 1. The Morgan fingerprint density at radius 3 is 2.76 bits per heavy atom. The Morgan fingerprint density at radius 1 is 1.35 bits per heavy atom. The van der Waals surface area contributed by atoms with Crippen LogP contribution in [-0.2, 0) is 13.5 Å². The average molecular weight is 230 g/mol. The minimum Gasteiger partial charge on any atom is -0.294 e. The Hall–Kier alpha value is -2.04. The fraction of sp³-hybridized carbons (Fsp3) is 0.333. The van der Waals surface area contributed by atoms with Gasteiger partial charge in [-0.25, -0.2) is 0 Å². The zero-order chi connectivity index (χ0) is 12.4. The van der Waals surface area contributed by atoms with Crippen LogP contribution in [0.4, 0.5) is 0 Å². The van der Waals surface area contributed by atoms with Gasteiger partial charge in [0.2, 0.25) is 0 Å². The third-order valence-corrected chi connectivity index (χ3v) is 2.56. The molecule has 0 spiro atoms. The predicted molar refractivity (Wildman–Crippen MR) is 62.7 cm³/mol. The molecule has 1 aromatic heterocycles. The number of Topliss-reactive ketones (excluding diaryl/α,β-unsaturated/α-hetero) is 1. The van der Waals surface area contributed by atoms with Gasteiger partial charge in [0.25, 0.3) is 0 Å². The molecule has 17 heavy (non-hydrogen) atoms. The molecule has 0 radical (unpaired) electrons. The first-order chi connectivity index (χ1) is 8.06. The monoisotopic (exact) mass is 230 g/mol. The van der Waals surface area contributed by atoms with E-state index >= 15 is 0 Å². The van der Waals surface area contributed by atoms with E-state index in [0.717, 1.165) is 16.7 Å². The second kappa shape index (κ2) is 4.45. The second-order valence-electron chi connectivity index (χ2n) is 4.11. The summed E-state index contributed by atoms with van der Waals surface area (Å²) in [5.41, 5.74) is 2.79. The molecular weight excluding hydrogens is 216 g/mol. The highest BCUT2D eigenvalue weighted by atomic mass is 16.1. The number of aromatic nitrogens is 4. The zero-order valence-corrected chi connectivity index (χ0v) is 10.1. The van der Waals surface area contributed by atoms with Crippen LogP contribution in [0, 0.1) is 13.8 Å². The molecule has 0 aliphatic rings. The first-order valence-corrected chi connectivity index (χ1v) is 5.39. The summed E-state index contributed by atoms with van der Waals surface area (Å²) >= 11 is 0. The van der Waals surface area contributed by atoms with Gasteiger partial charge in [0.15, 0.2) is 11.6 Å². The molecule has 0 fully saturated rings. The Balaban J connectivity index is 2.22. The van der Waals surface area contributed by atoms with Crippen LogP contribution in [0.5, 0.6) is 0 Å². The standard InChI is InChI=1S/C12H14N4O/c1-8-4-5-9(2)10(6-8)11(17)7-12-13-15-16(3)14-12/h4-6H,7H2,1-3H3. The van der Waals surface area contributed by atoms with E-state index in [9.17, 15) is 4.79 Å². The van der Waals surface area contributed by atoms with Crippen molar-refractivity contribution in [3.8, 4) is 0 Å². The summed E-state index contributed by atoms with van der Waals surface area (Å²) in [6, 6.07) is 5.84. The molecule has 0 aliphatic heterocycles. The first kappa shape index (κ1) is 11.4. The third-order valence-electron chi connectivity index (χ3n) is 2.56. The van der Waals surface area contributed by atoms with Crippen LogP contribution in [0.2, 0.25) is 0 Å². The summed E-state index contributed by atoms with van der Waals surface area (Å²) < 4.78 is 0. The fourth-order valence-electron chi connectivity index (χ4n) is 1.67.